The minimum Gasteiger partial charge on any atom is -0.396 e. The average molecular weight is 104 g/mol. The molecule has 0 aliphatic heterocycles. The van der Waals surface area contributed by atoms with Crippen LogP contribution in [0.3, 0.4) is 0 Å². The van der Waals surface area contributed by atoms with Crippen molar-refractivity contribution in [3.8, 4) is 0 Å². The molecule has 7 heavy (non-hydrogen) atoms. The third-order valence-electron chi connectivity index (χ3n) is 0.780. The molecule has 2 nitrogen and oxygen atoms in total. The molecule has 0 heterocycles. The van der Waals surface area contributed by atoms with Gasteiger partial charge in [-0.1, -0.05) is 0 Å². The summed E-state index contributed by atoms with van der Waals surface area (Å²) in [6, 6.07) is 0. The molecular weight excluding hydrogens is 92.1 g/mol. The first kappa shape index (κ1) is 6.92. The summed E-state index contributed by atoms with van der Waals surface area (Å²) < 4.78 is 0. The van der Waals surface area contributed by atoms with Crippen LogP contribution < -0.4 is 0 Å². The first-order valence-corrected chi connectivity index (χ1v) is 2.56. The van der Waals surface area contributed by atoms with E-state index in [1.165, 1.54) is 0 Å². The molecule has 2 N–H and O–H groups in total. The van der Waals surface area contributed by atoms with E-state index < -0.39 is 0 Å². The van der Waals surface area contributed by atoms with Gasteiger partial charge in [-0.2, -0.15) is 0 Å². The number of hydrogen-bond acceptors (Lipinski definition) is 2. The lowest BCUT2D eigenvalue weighted by atomic mass is 10.2. The Balaban J connectivity index is 2.68. The molecule has 0 amide bonds. The average Bonchev–Trinajstić information content (AvgIpc) is 1.61. The highest BCUT2D eigenvalue weighted by atomic mass is 16.3. The van der Waals surface area contributed by atoms with Crippen molar-refractivity contribution < 1.29 is 10.2 Å². The van der Waals surface area contributed by atoms with E-state index in [2.05, 4.69) is 0 Å². The Morgan fingerprint density at radius 2 is 2.14 bits per heavy atom. The van der Waals surface area contributed by atoms with Gasteiger partial charge in [-0.05, 0) is 19.8 Å². The summed E-state index contributed by atoms with van der Waals surface area (Å²) in [6.45, 7) is 1.90. The number of aliphatic hydroxyl groups excluding tert-OH is 2. The van der Waals surface area contributed by atoms with Crippen LogP contribution in [-0.2, 0) is 0 Å². The fraction of sp³-hybridized carbons (Fsp3) is 1.00. The Bertz CT molecular complexity index is 35.1. The summed E-state index contributed by atoms with van der Waals surface area (Å²) in [5.41, 5.74) is 0. The zero-order valence-corrected chi connectivity index (χ0v) is 4.59. The van der Waals surface area contributed by atoms with Crippen LogP contribution >= 0.6 is 0 Å². The second-order valence-corrected chi connectivity index (χ2v) is 1.71. The van der Waals surface area contributed by atoms with Crippen LogP contribution in [0, 0.1) is 0 Å². The summed E-state index contributed by atoms with van der Waals surface area (Å²) in [5, 5.41) is 16.8. The van der Waals surface area contributed by atoms with Crippen LogP contribution in [0.25, 0.3) is 0 Å². The Kier molecular flexibility index (Phi) is 4.04. The van der Waals surface area contributed by atoms with Crippen molar-refractivity contribution in [1.82, 2.24) is 0 Å². The van der Waals surface area contributed by atoms with Crippen molar-refractivity contribution in [3.63, 3.8) is 0 Å². The minimum absolute atomic E-state index is 0.185. The van der Waals surface area contributed by atoms with Crippen molar-refractivity contribution in [2.24, 2.45) is 0 Å². The molecule has 0 aromatic carbocycles. The highest BCUT2D eigenvalue weighted by Crippen LogP contribution is 1.92. The molecule has 0 fully saturated rings. The Morgan fingerprint density at radius 1 is 1.57 bits per heavy atom. The lowest BCUT2D eigenvalue weighted by Gasteiger charge is -1.98. The van der Waals surface area contributed by atoms with Crippen molar-refractivity contribution in [1.29, 1.82) is 0 Å². The van der Waals surface area contributed by atoms with Gasteiger partial charge in [-0.3, -0.25) is 0 Å². The van der Waals surface area contributed by atoms with Crippen molar-refractivity contribution >= 4 is 0 Å². The first-order valence-electron chi connectivity index (χ1n) is 2.56. The van der Waals surface area contributed by atoms with E-state index in [4.69, 9.17) is 10.2 Å². The summed E-state index contributed by atoms with van der Waals surface area (Å²) in [7, 11) is 0. The van der Waals surface area contributed by atoms with E-state index in [0.717, 1.165) is 0 Å². The normalized spacial score (nSPS) is 14.1. The number of rotatable bonds is 3. The van der Waals surface area contributed by atoms with Crippen LogP contribution in [0.4, 0.5) is 0 Å². The third-order valence-corrected chi connectivity index (χ3v) is 0.780. The zero-order chi connectivity index (χ0) is 5.70. The third kappa shape index (κ3) is 5.92. The Hall–Kier alpha value is -0.0800. The number of aliphatic hydroxyl groups is 2. The SMILES string of the molecule is C[C@H](O)CCCO. The molecular formula is C5H12O2. The van der Waals surface area contributed by atoms with Gasteiger partial charge in [-0.15, -0.1) is 0 Å². The molecule has 0 radical (unpaired) electrons. The van der Waals surface area contributed by atoms with Crippen LogP contribution in [-0.4, -0.2) is 22.9 Å². The summed E-state index contributed by atoms with van der Waals surface area (Å²) in [6.07, 6.45) is 1.15. The van der Waals surface area contributed by atoms with E-state index in [1.807, 2.05) is 0 Å². The van der Waals surface area contributed by atoms with Crippen molar-refractivity contribution in [2.45, 2.75) is 25.9 Å². The molecule has 0 saturated carbocycles. The van der Waals surface area contributed by atoms with Crippen LogP contribution in [0.1, 0.15) is 19.8 Å². The van der Waals surface area contributed by atoms with E-state index in [0.29, 0.717) is 12.8 Å². The number of hydrogen-bond donors (Lipinski definition) is 2. The molecule has 0 aromatic heterocycles. The van der Waals surface area contributed by atoms with Crippen LogP contribution in [0.2, 0.25) is 0 Å². The van der Waals surface area contributed by atoms with E-state index in [-0.39, 0.29) is 12.7 Å². The van der Waals surface area contributed by atoms with E-state index in [9.17, 15) is 0 Å². The summed E-state index contributed by atoms with van der Waals surface area (Å²) in [4.78, 5) is 0. The zero-order valence-electron chi connectivity index (χ0n) is 4.59. The predicted octanol–water partition coefficient (Wildman–Crippen LogP) is 0.140. The molecule has 2 heteroatoms. The smallest absolute Gasteiger partial charge is 0.0513 e. The molecule has 1 atom stereocenters. The van der Waals surface area contributed by atoms with Gasteiger partial charge in [0.25, 0.3) is 0 Å². The molecule has 0 aliphatic carbocycles. The molecule has 0 saturated heterocycles. The standard InChI is InChI=1S/C5H12O2/c1-5(7)3-2-4-6/h5-7H,2-4H2,1H3/t5-/m0/s1. The maximum absolute atomic E-state index is 8.57. The maximum Gasteiger partial charge on any atom is 0.0513 e. The Morgan fingerprint density at radius 3 is 2.29 bits per heavy atom. The van der Waals surface area contributed by atoms with Crippen LogP contribution in [0.15, 0.2) is 0 Å². The van der Waals surface area contributed by atoms with Gasteiger partial charge in [0.15, 0.2) is 0 Å². The van der Waals surface area contributed by atoms with Gasteiger partial charge < -0.3 is 10.2 Å². The fourth-order valence-corrected chi connectivity index (χ4v) is 0.387. The highest BCUT2D eigenvalue weighted by molar-refractivity contribution is 4.43. The molecule has 0 aliphatic rings. The largest absolute Gasteiger partial charge is 0.396 e. The molecule has 0 aromatic rings. The van der Waals surface area contributed by atoms with Gasteiger partial charge in [0.05, 0.1) is 6.10 Å². The van der Waals surface area contributed by atoms with Crippen molar-refractivity contribution in [2.75, 3.05) is 6.61 Å². The monoisotopic (exact) mass is 104 g/mol. The van der Waals surface area contributed by atoms with E-state index >= 15 is 0 Å². The van der Waals surface area contributed by atoms with Gasteiger partial charge in [-0.25, -0.2) is 0 Å². The molecule has 0 spiro atoms. The molecule has 0 rings (SSSR count). The molecule has 44 valence electrons. The second-order valence-electron chi connectivity index (χ2n) is 1.71. The van der Waals surface area contributed by atoms with E-state index in [1.54, 1.807) is 6.92 Å². The van der Waals surface area contributed by atoms with Crippen LogP contribution in [0.5, 0.6) is 0 Å². The summed E-state index contributed by atoms with van der Waals surface area (Å²) >= 11 is 0. The molecule has 0 unspecified atom stereocenters. The van der Waals surface area contributed by atoms with Crippen molar-refractivity contribution in [3.05, 3.63) is 0 Å². The van der Waals surface area contributed by atoms with Gasteiger partial charge in [0, 0.05) is 6.61 Å². The van der Waals surface area contributed by atoms with Gasteiger partial charge in [0.2, 0.25) is 0 Å². The first-order chi connectivity index (χ1) is 3.27. The molecule has 0 bridgehead atoms. The lowest BCUT2D eigenvalue weighted by molar-refractivity contribution is 0.167. The minimum atomic E-state index is -0.257. The maximum atomic E-state index is 8.57. The quantitative estimate of drug-likeness (QED) is 0.534. The highest BCUT2D eigenvalue weighted by Gasteiger charge is 1.90. The lowest BCUT2D eigenvalue weighted by Crippen LogP contribution is -1.99. The topological polar surface area (TPSA) is 40.5 Å². The Labute approximate surface area is 43.8 Å². The fourth-order valence-electron chi connectivity index (χ4n) is 0.387. The van der Waals surface area contributed by atoms with Gasteiger partial charge in [0.1, 0.15) is 0 Å². The summed E-state index contributed by atoms with van der Waals surface area (Å²) in [5.74, 6) is 0. The van der Waals surface area contributed by atoms with Gasteiger partial charge >= 0.3 is 0 Å². The second kappa shape index (κ2) is 4.09. The predicted molar refractivity (Wildman–Crippen MR) is 28.0 cm³/mol.